The molecular formula is C15H23N3OS. The Labute approximate surface area is 124 Å². The fourth-order valence-corrected chi connectivity index (χ4v) is 2.91. The van der Waals surface area contributed by atoms with Crippen LogP contribution in [-0.2, 0) is 16.6 Å². The summed E-state index contributed by atoms with van der Waals surface area (Å²) in [7, 11) is 0. The van der Waals surface area contributed by atoms with Crippen molar-refractivity contribution < 1.29 is 4.79 Å². The molecule has 0 fully saturated rings. The molecule has 1 aliphatic heterocycles. The van der Waals surface area contributed by atoms with E-state index in [2.05, 4.69) is 42.5 Å². The zero-order chi connectivity index (χ0) is 14.6. The molecule has 20 heavy (non-hydrogen) atoms. The zero-order valence-corrected chi connectivity index (χ0v) is 13.3. The van der Waals surface area contributed by atoms with Crippen molar-refractivity contribution in [2.24, 2.45) is 0 Å². The topological polar surface area (TPSA) is 54.0 Å². The molecule has 2 heterocycles. The Morgan fingerprint density at radius 3 is 2.90 bits per heavy atom. The molecule has 4 nitrogen and oxygen atoms in total. The Kier molecular flexibility index (Phi) is 4.94. The van der Waals surface area contributed by atoms with Crippen molar-refractivity contribution in [3.8, 4) is 0 Å². The molecule has 1 aromatic rings. The molecule has 1 aliphatic rings. The quantitative estimate of drug-likeness (QED) is 0.835. The number of amides is 1. The molecule has 2 rings (SSSR count). The van der Waals surface area contributed by atoms with E-state index in [1.54, 1.807) is 11.3 Å². The first-order chi connectivity index (χ1) is 9.45. The molecule has 0 saturated carbocycles. The van der Waals surface area contributed by atoms with Gasteiger partial charge in [-0.2, -0.15) is 0 Å². The Bertz CT molecular complexity index is 499. The molecule has 0 atom stereocenters. The fourth-order valence-electron chi connectivity index (χ4n) is 2.00. The Hall–Kier alpha value is -1.20. The smallest absolute Gasteiger partial charge is 0.226 e. The Morgan fingerprint density at radius 2 is 2.30 bits per heavy atom. The van der Waals surface area contributed by atoms with Gasteiger partial charge < -0.3 is 10.6 Å². The van der Waals surface area contributed by atoms with Crippen molar-refractivity contribution in [2.45, 2.75) is 39.0 Å². The van der Waals surface area contributed by atoms with E-state index >= 15 is 0 Å². The molecule has 1 aromatic heterocycles. The monoisotopic (exact) mass is 293 g/mol. The summed E-state index contributed by atoms with van der Waals surface area (Å²) in [5.74, 6) is 0.0511. The van der Waals surface area contributed by atoms with E-state index in [0.717, 1.165) is 30.2 Å². The molecule has 0 bridgehead atoms. The average molecular weight is 293 g/mol. The molecule has 0 aliphatic carbocycles. The summed E-state index contributed by atoms with van der Waals surface area (Å²) >= 11 is 1.63. The molecular weight excluding hydrogens is 270 g/mol. The fraction of sp³-hybridized carbons (Fsp3) is 0.600. The van der Waals surface area contributed by atoms with Crippen LogP contribution in [0.15, 0.2) is 17.0 Å². The van der Waals surface area contributed by atoms with Gasteiger partial charge in [-0.15, -0.1) is 11.3 Å². The lowest BCUT2D eigenvalue weighted by atomic mass is 9.98. The second kappa shape index (κ2) is 6.50. The van der Waals surface area contributed by atoms with Gasteiger partial charge in [0.05, 0.1) is 17.1 Å². The van der Waals surface area contributed by atoms with Crippen molar-refractivity contribution >= 4 is 17.2 Å². The van der Waals surface area contributed by atoms with E-state index in [0.29, 0.717) is 13.0 Å². The van der Waals surface area contributed by atoms with Crippen LogP contribution in [0.25, 0.3) is 0 Å². The normalized spacial score (nSPS) is 15.8. The number of hydrogen-bond acceptors (Lipinski definition) is 4. The van der Waals surface area contributed by atoms with Gasteiger partial charge in [0, 0.05) is 23.9 Å². The molecule has 0 saturated heterocycles. The number of carbonyl (C=O) groups is 1. The number of nitrogens with zero attached hydrogens (tertiary/aromatic N) is 1. The van der Waals surface area contributed by atoms with Crippen molar-refractivity contribution in [2.75, 3.05) is 19.6 Å². The molecule has 0 aromatic carbocycles. The SMILES string of the molecule is CC(C)(C)c1nc(CC(=O)NCC2=CCNCC2)cs1. The number of carbonyl (C=O) groups excluding carboxylic acids is 1. The van der Waals surface area contributed by atoms with Crippen LogP contribution in [0.2, 0.25) is 0 Å². The van der Waals surface area contributed by atoms with Gasteiger partial charge in [-0.05, 0) is 13.0 Å². The van der Waals surface area contributed by atoms with Crippen LogP contribution in [-0.4, -0.2) is 30.5 Å². The maximum absolute atomic E-state index is 11.9. The maximum atomic E-state index is 11.9. The van der Waals surface area contributed by atoms with Gasteiger partial charge in [0.2, 0.25) is 5.91 Å². The predicted octanol–water partition coefficient (Wildman–Crippen LogP) is 2.02. The predicted molar refractivity (Wildman–Crippen MR) is 83.1 cm³/mol. The highest BCUT2D eigenvalue weighted by molar-refractivity contribution is 7.09. The summed E-state index contributed by atoms with van der Waals surface area (Å²) < 4.78 is 0. The third kappa shape index (κ3) is 4.42. The van der Waals surface area contributed by atoms with E-state index in [1.165, 1.54) is 5.57 Å². The van der Waals surface area contributed by atoms with Gasteiger partial charge >= 0.3 is 0 Å². The van der Waals surface area contributed by atoms with Crippen LogP contribution in [0, 0.1) is 0 Å². The average Bonchev–Trinajstić information content (AvgIpc) is 2.86. The highest BCUT2D eigenvalue weighted by Gasteiger charge is 2.18. The minimum atomic E-state index is 0.0511. The third-order valence-corrected chi connectivity index (χ3v) is 4.52. The van der Waals surface area contributed by atoms with Gasteiger partial charge in [-0.1, -0.05) is 32.4 Å². The second-order valence-corrected chi connectivity index (χ2v) is 7.02. The summed E-state index contributed by atoms with van der Waals surface area (Å²) in [6.07, 6.45) is 3.55. The zero-order valence-electron chi connectivity index (χ0n) is 12.5. The van der Waals surface area contributed by atoms with E-state index in [-0.39, 0.29) is 11.3 Å². The van der Waals surface area contributed by atoms with E-state index in [4.69, 9.17) is 0 Å². The Balaban J connectivity index is 1.82. The lowest BCUT2D eigenvalue weighted by Crippen LogP contribution is -2.30. The molecule has 110 valence electrons. The second-order valence-electron chi connectivity index (χ2n) is 6.16. The van der Waals surface area contributed by atoms with Crippen molar-refractivity contribution in [3.63, 3.8) is 0 Å². The number of thiazole rings is 1. The van der Waals surface area contributed by atoms with Crippen LogP contribution in [0.5, 0.6) is 0 Å². The van der Waals surface area contributed by atoms with E-state index in [1.807, 2.05) is 5.38 Å². The van der Waals surface area contributed by atoms with Gasteiger partial charge in [-0.3, -0.25) is 4.79 Å². The van der Waals surface area contributed by atoms with Crippen LogP contribution < -0.4 is 10.6 Å². The van der Waals surface area contributed by atoms with Gasteiger partial charge in [0.1, 0.15) is 0 Å². The van der Waals surface area contributed by atoms with E-state index in [9.17, 15) is 4.79 Å². The van der Waals surface area contributed by atoms with Gasteiger partial charge in [-0.25, -0.2) is 4.98 Å². The summed E-state index contributed by atoms with van der Waals surface area (Å²) in [5.41, 5.74) is 2.24. The van der Waals surface area contributed by atoms with Crippen LogP contribution >= 0.6 is 11.3 Å². The minimum Gasteiger partial charge on any atom is -0.352 e. The molecule has 0 spiro atoms. The largest absolute Gasteiger partial charge is 0.352 e. The van der Waals surface area contributed by atoms with Crippen molar-refractivity contribution in [3.05, 3.63) is 27.7 Å². The molecule has 1 amide bonds. The summed E-state index contributed by atoms with van der Waals surface area (Å²) in [4.78, 5) is 16.5. The number of hydrogen-bond donors (Lipinski definition) is 2. The minimum absolute atomic E-state index is 0.0511. The van der Waals surface area contributed by atoms with Gasteiger partial charge in [0.25, 0.3) is 0 Å². The van der Waals surface area contributed by atoms with E-state index < -0.39 is 0 Å². The highest BCUT2D eigenvalue weighted by atomic mass is 32.1. The van der Waals surface area contributed by atoms with Crippen LogP contribution in [0.1, 0.15) is 37.9 Å². The summed E-state index contributed by atoms with van der Waals surface area (Å²) in [5, 5.41) is 9.31. The highest BCUT2D eigenvalue weighted by Crippen LogP contribution is 2.25. The Morgan fingerprint density at radius 1 is 1.50 bits per heavy atom. The number of nitrogens with one attached hydrogen (secondary N) is 2. The van der Waals surface area contributed by atoms with Crippen LogP contribution in [0.4, 0.5) is 0 Å². The summed E-state index contributed by atoms with van der Waals surface area (Å²) in [6, 6.07) is 0. The van der Waals surface area contributed by atoms with Crippen molar-refractivity contribution in [1.29, 1.82) is 0 Å². The molecule has 5 heteroatoms. The lowest BCUT2D eigenvalue weighted by Gasteiger charge is -2.14. The first-order valence-electron chi connectivity index (χ1n) is 7.05. The van der Waals surface area contributed by atoms with Crippen LogP contribution in [0.3, 0.4) is 0 Å². The molecule has 0 radical (unpaired) electrons. The first-order valence-corrected chi connectivity index (χ1v) is 7.93. The molecule has 2 N–H and O–H groups in total. The van der Waals surface area contributed by atoms with Gasteiger partial charge in [0.15, 0.2) is 0 Å². The standard InChI is InChI=1S/C15H23N3OS/c1-15(2,3)14-18-12(10-20-14)8-13(19)17-9-11-4-6-16-7-5-11/h4,10,16H,5-9H2,1-3H3,(H,17,19). The van der Waals surface area contributed by atoms with Crippen molar-refractivity contribution in [1.82, 2.24) is 15.6 Å². The first kappa shape index (κ1) is 15.2. The molecule has 0 unspecified atom stereocenters. The lowest BCUT2D eigenvalue weighted by molar-refractivity contribution is -0.120. The number of rotatable bonds is 4. The number of aromatic nitrogens is 1. The third-order valence-electron chi connectivity index (χ3n) is 3.21. The maximum Gasteiger partial charge on any atom is 0.226 e. The summed E-state index contributed by atoms with van der Waals surface area (Å²) in [6.45, 7) is 8.99.